The second-order valence-electron chi connectivity index (χ2n) is 4.95. The minimum atomic E-state index is -3.45. The molecule has 0 aliphatic rings. The van der Waals surface area contributed by atoms with Crippen LogP contribution in [0.15, 0.2) is 59.5 Å². The lowest BCUT2D eigenvalue weighted by molar-refractivity contribution is -0.116. The maximum absolute atomic E-state index is 11.8. The van der Waals surface area contributed by atoms with E-state index < -0.39 is 10.0 Å². The first kappa shape index (κ1) is 18.2. The van der Waals surface area contributed by atoms with E-state index in [2.05, 4.69) is 10.0 Å². The van der Waals surface area contributed by atoms with Gasteiger partial charge in [-0.25, -0.2) is 13.1 Å². The fourth-order valence-corrected chi connectivity index (χ4v) is 2.75. The summed E-state index contributed by atoms with van der Waals surface area (Å²) in [5, 5.41) is 3.41. The van der Waals surface area contributed by atoms with E-state index in [1.807, 2.05) is 12.1 Å². The molecule has 2 aromatic rings. The topological polar surface area (TPSA) is 75.3 Å². The molecule has 0 heterocycles. The van der Waals surface area contributed by atoms with E-state index in [9.17, 15) is 13.2 Å². The van der Waals surface area contributed by atoms with Gasteiger partial charge in [-0.1, -0.05) is 35.9 Å². The summed E-state index contributed by atoms with van der Waals surface area (Å²) in [6, 6.07) is 13.4. The van der Waals surface area contributed by atoms with Gasteiger partial charge in [-0.3, -0.25) is 4.79 Å². The summed E-state index contributed by atoms with van der Waals surface area (Å²) < 4.78 is 25.5. The number of nitrogens with one attached hydrogen (secondary N) is 2. The molecule has 126 valence electrons. The molecular weight excluding hydrogens is 348 g/mol. The average Bonchev–Trinajstić information content (AvgIpc) is 2.60. The lowest BCUT2D eigenvalue weighted by Crippen LogP contribution is -2.20. The molecule has 0 aliphatic carbocycles. The molecule has 2 N–H and O–H groups in total. The zero-order valence-electron chi connectivity index (χ0n) is 13.0. The Balaban J connectivity index is 1.92. The molecule has 24 heavy (non-hydrogen) atoms. The van der Waals surface area contributed by atoms with Gasteiger partial charge in [-0.2, -0.15) is 0 Å². The highest BCUT2D eigenvalue weighted by Gasteiger charge is 2.09. The molecule has 0 unspecified atom stereocenters. The van der Waals surface area contributed by atoms with Crippen LogP contribution in [0, 0.1) is 0 Å². The van der Waals surface area contributed by atoms with Gasteiger partial charge in [0.25, 0.3) is 0 Å². The Morgan fingerprint density at radius 1 is 1.08 bits per heavy atom. The van der Waals surface area contributed by atoms with E-state index in [-0.39, 0.29) is 10.8 Å². The van der Waals surface area contributed by atoms with Gasteiger partial charge < -0.3 is 5.32 Å². The molecule has 0 aromatic heterocycles. The van der Waals surface area contributed by atoms with Crippen molar-refractivity contribution in [3.63, 3.8) is 0 Å². The molecular formula is C17H17ClN2O3S. The summed E-state index contributed by atoms with van der Waals surface area (Å²) >= 11 is 5.80. The van der Waals surface area contributed by atoms with E-state index in [0.29, 0.717) is 11.6 Å². The lowest BCUT2D eigenvalue weighted by Gasteiger charge is -2.03. The number of sulfonamides is 1. The summed E-state index contributed by atoms with van der Waals surface area (Å²) in [7, 11) is -2.10. The van der Waals surface area contributed by atoms with Crippen LogP contribution in [0.3, 0.4) is 0 Å². The van der Waals surface area contributed by atoms with E-state index >= 15 is 0 Å². The first-order valence-corrected chi connectivity index (χ1v) is 9.01. The van der Waals surface area contributed by atoms with Crippen molar-refractivity contribution in [1.82, 2.24) is 10.0 Å². The summed E-state index contributed by atoms with van der Waals surface area (Å²) in [5.41, 5.74) is 1.68. The van der Waals surface area contributed by atoms with Gasteiger partial charge in [-0.15, -0.1) is 0 Å². The highest BCUT2D eigenvalue weighted by Crippen LogP contribution is 2.11. The van der Waals surface area contributed by atoms with Gasteiger partial charge in [0.2, 0.25) is 15.9 Å². The zero-order chi connectivity index (χ0) is 17.6. The van der Waals surface area contributed by atoms with Gasteiger partial charge in [0.1, 0.15) is 0 Å². The van der Waals surface area contributed by atoms with Crippen LogP contribution in [0.1, 0.15) is 11.1 Å². The number of hydrogen-bond acceptors (Lipinski definition) is 3. The molecule has 2 aromatic carbocycles. The number of amides is 1. The Labute approximate surface area is 146 Å². The van der Waals surface area contributed by atoms with Crippen LogP contribution in [-0.2, 0) is 21.4 Å². The first-order chi connectivity index (χ1) is 11.4. The largest absolute Gasteiger partial charge is 0.348 e. The summed E-state index contributed by atoms with van der Waals surface area (Å²) in [4.78, 5) is 12.0. The van der Waals surface area contributed by atoms with Crippen molar-refractivity contribution in [3.8, 4) is 0 Å². The molecule has 0 bridgehead atoms. The maximum atomic E-state index is 11.8. The van der Waals surface area contributed by atoms with Crippen molar-refractivity contribution in [3.05, 3.63) is 70.8 Å². The second-order valence-corrected chi connectivity index (χ2v) is 7.28. The molecule has 0 atom stereocenters. The second kappa shape index (κ2) is 8.10. The van der Waals surface area contributed by atoms with Crippen molar-refractivity contribution in [2.24, 2.45) is 0 Å². The number of halogens is 1. The van der Waals surface area contributed by atoms with Crippen LogP contribution in [-0.4, -0.2) is 21.4 Å². The minimum Gasteiger partial charge on any atom is -0.348 e. The fourth-order valence-electron chi connectivity index (χ4n) is 1.90. The molecule has 0 radical (unpaired) electrons. The van der Waals surface area contributed by atoms with Crippen molar-refractivity contribution in [2.75, 3.05) is 7.05 Å². The predicted octanol–water partition coefficient (Wildman–Crippen LogP) is 2.58. The lowest BCUT2D eigenvalue weighted by atomic mass is 10.2. The van der Waals surface area contributed by atoms with Crippen LogP contribution in [0.5, 0.6) is 0 Å². The molecule has 7 heteroatoms. The van der Waals surface area contributed by atoms with Crippen LogP contribution < -0.4 is 10.0 Å². The summed E-state index contributed by atoms with van der Waals surface area (Å²) in [6.45, 7) is 0.402. The maximum Gasteiger partial charge on any atom is 0.244 e. The number of hydrogen-bond donors (Lipinski definition) is 2. The molecule has 2 rings (SSSR count). The zero-order valence-corrected chi connectivity index (χ0v) is 14.6. The van der Waals surface area contributed by atoms with Gasteiger partial charge in [0.15, 0.2) is 0 Å². The Bertz CT molecular complexity index is 829. The third kappa shape index (κ3) is 5.19. The minimum absolute atomic E-state index is 0.175. The Hall–Kier alpha value is -2.15. The highest BCUT2D eigenvalue weighted by atomic mass is 35.5. The van der Waals surface area contributed by atoms with Crippen molar-refractivity contribution in [1.29, 1.82) is 0 Å². The number of benzene rings is 2. The molecule has 0 saturated carbocycles. The third-order valence-electron chi connectivity index (χ3n) is 3.27. The summed E-state index contributed by atoms with van der Waals surface area (Å²) in [5.74, 6) is -0.239. The molecule has 0 aliphatic heterocycles. The van der Waals surface area contributed by atoms with Crippen LogP contribution in [0.4, 0.5) is 0 Å². The van der Waals surface area contributed by atoms with Gasteiger partial charge >= 0.3 is 0 Å². The monoisotopic (exact) mass is 364 g/mol. The average molecular weight is 365 g/mol. The predicted molar refractivity (Wildman–Crippen MR) is 95.0 cm³/mol. The van der Waals surface area contributed by atoms with Crippen LogP contribution >= 0.6 is 11.6 Å². The smallest absolute Gasteiger partial charge is 0.244 e. The van der Waals surface area contributed by atoms with E-state index in [4.69, 9.17) is 11.6 Å². The van der Waals surface area contributed by atoms with Gasteiger partial charge in [-0.05, 0) is 48.5 Å². The number of rotatable bonds is 6. The number of carbonyl (C=O) groups excluding carboxylic acids is 1. The molecule has 0 spiro atoms. The summed E-state index contributed by atoms with van der Waals surface area (Å²) in [6.07, 6.45) is 3.02. The molecule has 5 nitrogen and oxygen atoms in total. The SMILES string of the molecule is CNS(=O)(=O)c1ccc(/C=C/C(=O)NCc2ccc(Cl)cc2)cc1. The molecule has 0 saturated heterocycles. The Morgan fingerprint density at radius 2 is 1.71 bits per heavy atom. The fraction of sp³-hybridized carbons (Fsp3) is 0.118. The highest BCUT2D eigenvalue weighted by molar-refractivity contribution is 7.89. The standard InChI is InChI=1S/C17H17ClN2O3S/c1-19-24(22,23)16-9-4-13(5-10-16)6-11-17(21)20-12-14-2-7-15(18)8-3-14/h2-11,19H,12H2,1H3,(H,20,21)/b11-6+. The third-order valence-corrected chi connectivity index (χ3v) is 4.95. The molecule has 1 amide bonds. The van der Waals surface area contributed by atoms with Crippen molar-refractivity contribution in [2.45, 2.75) is 11.4 Å². The van der Waals surface area contributed by atoms with E-state index in [1.54, 1.807) is 30.3 Å². The molecule has 0 fully saturated rings. The van der Waals surface area contributed by atoms with Gasteiger partial charge in [0.05, 0.1) is 4.90 Å². The normalized spacial score (nSPS) is 11.6. The van der Waals surface area contributed by atoms with Crippen molar-refractivity contribution < 1.29 is 13.2 Å². The number of carbonyl (C=O) groups is 1. The van der Waals surface area contributed by atoms with E-state index in [0.717, 1.165) is 11.1 Å². The van der Waals surface area contributed by atoms with Crippen LogP contribution in [0.25, 0.3) is 6.08 Å². The Morgan fingerprint density at radius 3 is 2.29 bits per heavy atom. The first-order valence-electron chi connectivity index (χ1n) is 7.15. The van der Waals surface area contributed by atoms with Crippen LogP contribution in [0.2, 0.25) is 5.02 Å². The van der Waals surface area contributed by atoms with Gasteiger partial charge in [0, 0.05) is 17.6 Å². The Kier molecular flexibility index (Phi) is 6.14. The quantitative estimate of drug-likeness (QED) is 0.773. The van der Waals surface area contributed by atoms with Crippen molar-refractivity contribution >= 4 is 33.6 Å². The van der Waals surface area contributed by atoms with E-state index in [1.165, 1.54) is 25.3 Å².